The maximum atomic E-state index is 5.29. The third kappa shape index (κ3) is 2.89. The van der Waals surface area contributed by atoms with Gasteiger partial charge in [0.25, 0.3) is 0 Å². The fourth-order valence-corrected chi connectivity index (χ4v) is 2.28. The first-order valence-corrected chi connectivity index (χ1v) is 6.08. The molecule has 1 unspecified atom stereocenters. The molecule has 1 N–H and O–H groups in total. The minimum Gasteiger partial charge on any atom is -0.493 e. The lowest BCUT2D eigenvalue weighted by Crippen LogP contribution is -2.18. The SMILES string of the molecule is CCNC(C)c1cc(OC)c(OC)cc1Br. The molecule has 0 aliphatic rings. The molecular weight excluding hydrogens is 270 g/mol. The van der Waals surface area contributed by atoms with E-state index in [-0.39, 0.29) is 6.04 Å². The van der Waals surface area contributed by atoms with Gasteiger partial charge in [0.1, 0.15) is 0 Å². The molecule has 0 aliphatic heterocycles. The monoisotopic (exact) mass is 287 g/mol. The molecule has 0 amide bonds. The van der Waals surface area contributed by atoms with E-state index >= 15 is 0 Å². The van der Waals surface area contributed by atoms with Gasteiger partial charge in [-0.25, -0.2) is 0 Å². The second-order valence-electron chi connectivity index (χ2n) is 3.51. The Morgan fingerprint density at radius 2 is 1.81 bits per heavy atom. The quantitative estimate of drug-likeness (QED) is 0.903. The maximum absolute atomic E-state index is 5.29. The summed E-state index contributed by atoms with van der Waals surface area (Å²) in [5, 5.41) is 3.37. The number of methoxy groups -OCH3 is 2. The molecular formula is C12H18BrNO2. The first-order chi connectivity index (χ1) is 7.63. The number of hydrogen-bond donors (Lipinski definition) is 1. The Morgan fingerprint density at radius 3 is 2.31 bits per heavy atom. The number of hydrogen-bond acceptors (Lipinski definition) is 3. The van der Waals surface area contributed by atoms with Crippen LogP contribution in [-0.2, 0) is 0 Å². The molecule has 0 spiro atoms. The van der Waals surface area contributed by atoms with Crippen LogP contribution in [0.3, 0.4) is 0 Å². The van der Waals surface area contributed by atoms with E-state index in [1.165, 1.54) is 5.56 Å². The molecule has 1 rings (SSSR count). The van der Waals surface area contributed by atoms with Gasteiger partial charge >= 0.3 is 0 Å². The van der Waals surface area contributed by atoms with Crippen molar-refractivity contribution in [3.8, 4) is 11.5 Å². The van der Waals surface area contributed by atoms with E-state index in [9.17, 15) is 0 Å². The predicted molar refractivity (Wildman–Crippen MR) is 69.3 cm³/mol. The van der Waals surface area contributed by atoms with Crippen LogP contribution in [0.15, 0.2) is 16.6 Å². The topological polar surface area (TPSA) is 30.5 Å². The molecule has 0 radical (unpaired) electrons. The molecule has 1 aromatic carbocycles. The molecule has 0 saturated heterocycles. The van der Waals surface area contributed by atoms with Crippen LogP contribution in [0.4, 0.5) is 0 Å². The number of ether oxygens (including phenoxy) is 2. The molecule has 0 bridgehead atoms. The highest BCUT2D eigenvalue weighted by Crippen LogP contribution is 2.35. The molecule has 4 heteroatoms. The average Bonchev–Trinajstić information content (AvgIpc) is 2.28. The Bertz CT molecular complexity index is 355. The molecule has 0 heterocycles. The average molecular weight is 288 g/mol. The van der Waals surface area contributed by atoms with Crippen LogP contribution in [0.25, 0.3) is 0 Å². The van der Waals surface area contributed by atoms with Crippen LogP contribution in [0.2, 0.25) is 0 Å². The number of nitrogens with one attached hydrogen (secondary N) is 1. The van der Waals surface area contributed by atoms with Crippen molar-refractivity contribution < 1.29 is 9.47 Å². The zero-order valence-corrected chi connectivity index (χ0v) is 11.7. The second kappa shape index (κ2) is 6.11. The molecule has 1 aromatic rings. The maximum Gasteiger partial charge on any atom is 0.161 e. The van der Waals surface area contributed by atoms with Gasteiger partial charge < -0.3 is 14.8 Å². The first-order valence-electron chi connectivity index (χ1n) is 5.28. The summed E-state index contributed by atoms with van der Waals surface area (Å²) in [6.07, 6.45) is 0. The van der Waals surface area contributed by atoms with E-state index in [0.717, 1.165) is 22.5 Å². The minimum absolute atomic E-state index is 0.277. The summed E-state index contributed by atoms with van der Waals surface area (Å²) < 4.78 is 11.5. The number of halogens is 1. The van der Waals surface area contributed by atoms with Crippen LogP contribution in [-0.4, -0.2) is 20.8 Å². The largest absolute Gasteiger partial charge is 0.493 e. The van der Waals surface area contributed by atoms with Crippen LogP contribution in [0.5, 0.6) is 11.5 Å². The third-order valence-corrected chi connectivity index (χ3v) is 3.17. The van der Waals surface area contributed by atoms with Gasteiger partial charge in [0.15, 0.2) is 11.5 Å². The molecule has 90 valence electrons. The van der Waals surface area contributed by atoms with Gasteiger partial charge in [0.2, 0.25) is 0 Å². The lowest BCUT2D eigenvalue weighted by Gasteiger charge is -2.17. The van der Waals surface area contributed by atoms with E-state index in [1.807, 2.05) is 12.1 Å². The molecule has 1 atom stereocenters. The Hall–Kier alpha value is -0.740. The highest BCUT2D eigenvalue weighted by atomic mass is 79.9. The lowest BCUT2D eigenvalue weighted by molar-refractivity contribution is 0.353. The summed E-state index contributed by atoms with van der Waals surface area (Å²) in [6.45, 7) is 5.14. The van der Waals surface area contributed by atoms with Gasteiger partial charge in [-0.05, 0) is 31.2 Å². The Balaban J connectivity index is 3.10. The summed E-state index contributed by atoms with van der Waals surface area (Å²) in [6, 6.07) is 4.21. The fraction of sp³-hybridized carbons (Fsp3) is 0.500. The van der Waals surface area contributed by atoms with Gasteiger partial charge in [-0.3, -0.25) is 0 Å². The second-order valence-corrected chi connectivity index (χ2v) is 4.36. The first kappa shape index (κ1) is 13.3. The number of benzene rings is 1. The van der Waals surface area contributed by atoms with Gasteiger partial charge in [-0.2, -0.15) is 0 Å². The molecule has 0 saturated carbocycles. The van der Waals surface area contributed by atoms with Crippen molar-refractivity contribution in [2.45, 2.75) is 19.9 Å². The van der Waals surface area contributed by atoms with E-state index in [2.05, 4.69) is 35.1 Å². The summed E-state index contributed by atoms with van der Waals surface area (Å²) in [5.74, 6) is 1.49. The van der Waals surface area contributed by atoms with Crippen molar-refractivity contribution in [2.24, 2.45) is 0 Å². The minimum atomic E-state index is 0.277. The smallest absolute Gasteiger partial charge is 0.161 e. The van der Waals surface area contributed by atoms with Crippen LogP contribution >= 0.6 is 15.9 Å². The molecule has 0 fully saturated rings. The third-order valence-electron chi connectivity index (χ3n) is 2.48. The molecule has 0 aliphatic carbocycles. The van der Waals surface area contributed by atoms with E-state index in [1.54, 1.807) is 14.2 Å². The highest BCUT2D eigenvalue weighted by molar-refractivity contribution is 9.10. The Kier molecular flexibility index (Phi) is 5.09. The van der Waals surface area contributed by atoms with Crippen molar-refractivity contribution in [1.82, 2.24) is 5.32 Å². The normalized spacial score (nSPS) is 12.3. The molecule has 16 heavy (non-hydrogen) atoms. The van der Waals surface area contributed by atoms with Crippen LogP contribution < -0.4 is 14.8 Å². The van der Waals surface area contributed by atoms with Crippen LogP contribution in [0, 0.1) is 0 Å². The Morgan fingerprint density at radius 1 is 1.25 bits per heavy atom. The number of rotatable bonds is 5. The summed E-state index contributed by atoms with van der Waals surface area (Å²) in [7, 11) is 3.28. The van der Waals surface area contributed by atoms with Gasteiger partial charge in [0, 0.05) is 10.5 Å². The van der Waals surface area contributed by atoms with Crippen molar-refractivity contribution in [1.29, 1.82) is 0 Å². The van der Waals surface area contributed by atoms with E-state index in [4.69, 9.17) is 9.47 Å². The standard InChI is InChI=1S/C12H18BrNO2/c1-5-14-8(2)9-6-11(15-3)12(16-4)7-10(9)13/h6-8,14H,5H2,1-4H3. The van der Waals surface area contributed by atoms with Crippen molar-refractivity contribution in [3.63, 3.8) is 0 Å². The summed E-state index contributed by atoms with van der Waals surface area (Å²) in [4.78, 5) is 0. The lowest BCUT2D eigenvalue weighted by atomic mass is 10.1. The summed E-state index contributed by atoms with van der Waals surface area (Å²) in [5.41, 5.74) is 1.17. The van der Waals surface area contributed by atoms with Crippen LogP contribution in [0.1, 0.15) is 25.5 Å². The van der Waals surface area contributed by atoms with Gasteiger partial charge in [-0.15, -0.1) is 0 Å². The van der Waals surface area contributed by atoms with Crippen molar-refractivity contribution >= 4 is 15.9 Å². The zero-order valence-electron chi connectivity index (χ0n) is 10.1. The summed E-state index contributed by atoms with van der Waals surface area (Å²) >= 11 is 3.55. The zero-order chi connectivity index (χ0) is 12.1. The van der Waals surface area contributed by atoms with Gasteiger partial charge in [-0.1, -0.05) is 22.9 Å². The van der Waals surface area contributed by atoms with E-state index < -0.39 is 0 Å². The fourth-order valence-electron chi connectivity index (χ4n) is 1.62. The predicted octanol–water partition coefficient (Wildman–Crippen LogP) is 3.14. The highest BCUT2D eigenvalue weighted by Gasteiger charge is 2.13. The van der Waals surface area contributed by atoms with Gasteiger partial charge in [0.05, 0.1) is 14.2 Å². The van der Waals surface area contributed by atoms with E-state index in [0.29, 0.717) is 0 Å². The molecule has 3 nitrogen and oxygen atoms in total. The molecule has 0 aromatic heterocycles. The Labute approximate surface area is 105 Å². The van der Waals surface area contributed by atoms with Crippen molar-refractivity contribution in [2.75, 3.05) is 20.8 Å². The van der Waals surface area contributed by atoms with Crippen molar-refractivity contribution in [3.05, 3.63) is 22.2 Å².